The number of nitrogens with zero attached hydrogens (tertiary/aromatic N) is 1. The van der Waals surface area contributed by atoms with Crippen LogP contribution in [-0.4, -0.2) is 29.9 Å². The summed E-state index contributed by atoms with van der Waals surface area (Å²) >= 11 is 0. The van der Waals surface area contributed by atoms with Crippen LogP contribution in [0.2, 0.25) is 0 Å². The standard InChI is InChI=1S/C18H20FN3O3/c1-10-15(12-4-2-3-5-13(12)19)25-22-17(10)21-18(23)20-14-8-9-24-16(14)11-6-7-11/h2-5,11,14,16H,6-9H2,1H3,(H2,20,21,22,23)/t14-,16+/m1/s1. The van der Waals surface area contributed by atoms with Crippen LogP contribution in [0.15, 0.2) is 28.8 Å². The van der Waals surface area contributed by atoms with Crippen LogP contribution in [0, 0.1) is 18.7 Å². The summed E-state index contributed by atoms with van der Waals surface area (Å²) in [5, 5.41) is 9.52. The van der Waals surface area contributed by atoms with Gasteiger partial charge < -0.3 is 14.6 Å². The molecule has 2 aliphatic rings. The highest BCUT2D eigenvalue weighted by molar-refractivity contribution is 5.90. The lowest BCUT2D eigenvalue weighted by Gasteiger charge is -2.19. The van der Waals surface area contributed by atoms with E-state index in [1.807, 2.05) is 0 Å². The molecule has 1 aromatic heterocycles. The minimum absolute atomic E-state index is 0.0192. The monoisotopic (exact) mass is 345 g/mol. The van der Waals surface area contributed by atoms with Crippen LogP contribution >= 0.6 is 0 Å². The van der Waals surface area contributed by atoms with Crippen LogP contribution in [0.3, 0.4) is 0 Å². The van der Waals surface area contributed by atoms with Crippen LogP contribution in [0.1, 0.15) is 24.8 Å². The first-order chi connectivity index (χ1) is 12.1. The summed E-state index contributed by atoms with van der Waals surface area (Å²) in [5.74, 6) is 0.772. The summed E-state index contributed by atoms with van der Waals surface area (Å²) in [6.45, 7) is 2.41. The molecule has 2 aromatic rings. The zero-order chi connectivity index (χ0) is 17.4. The Balaban J connectivity index is 1.44. The van der Waals surface area contributed by atoms with Crippen molar-refractivity contribution in [3.63, 3.8) is 0 Å². The first-order valence-electron chi connectivity index (χ1n) is 8.54. The Hall–Kier alpha value is -2.41. The number of benzene rings is 1. The molecule has 132 valence electrons. The summed E-state index contributed by atoms with van der Waals surface area (Å²) in [6, 6.07) is 5.97. The molecule has 1 aliphatic heterocycles. The number of ether oxygens (including phenoxy) is 1. The predicted octanol–water partition coefficient (Wildman–Crippen LogP) is 3.48. The van der Waals surface area contributed by atoms with Crippen molar-refractivity contribution in [3.05, 3.63) is 35.6 Å². The summed E-state index contributed by atoms with van der Waals surface area (Å²) in [5.41, 5.74) is 0.903. The number of halogens is 1. The van der Waals surface area contributed by atoms with E-state index in [-0.39, 0.29) is 24.0 Å². The Morgan fingerprint density at radius 3 is 2.84 bits per heavy atom. The van der Waals surface area contributed by atoms with Gasteiger partial charge in [0.05, 0.1) is 17.7 Å². The number of hydrogen-bond donors (Lipinski definition) is 2. The van der Waals surface area contributed by atoms with E-state index in [0.717, 1.165) is 6.42 Å². The van der Waals surface area contributed by atoms with E-state index in [0.29, 0.717) is 29.4 Å². The third kappa shape index (κ3) is 3.24. The Kier molecular flexibility index (Phi) is 4.17. The largest absolute Gasteiger partial charge is 0.376 e. The molecule has 6 nitrogen and oxygen atoms in total. The average molecular weight is 345 g/mol. The SMILES string of the molecule is Cc1c(NC(=O)N[C@@H]2CCO[C@H]2C2CC2)noc1-c1ccccc1F. The maximum Gasteiger partial charge on any atom is 0.320 e. The summed E-state index contributed by atoms with van der Waals surface area (Å²) < 4.78 is 24.9. The van der Waals surface area contributed by atoms with Gasteiger partial charge in [-0.25, -0.2) is 9.18 Å². The fourth-order valence-electron chi connectivity index (χ4n) is 3.32. The predicted molar refractivity (Wildman–Crippen MR) is 89.7 cm³/mol. The lowest BCUT2D eigenvalue weighted by atomic mass is 10.1. The van der Waals surface area contributed by atoms with Gasteiger partial charge in [-0.05, 0) is 44.2 Å². The van der Waals surface area contributed by atoms with Crippen molar-refractivity contribution in [2.45, 2.75) is 38.3 Å². The van der Waals surface area contributed by atoms with Crippen LogP contribution < -0.4 is 10.6 Å². The molecular weight excluding hydrogens is 325 g/mol. The van der Waals surface area contributed by atoms with Crippen LogP contribution in [0.4, 0.5) is 15.0 Å². The number of anilines is 1. The van der Waals surface area contributed by atoms with E-state index in [1.165, 1.54) is 18.9 Å². The Morgan fingerprint density at radius 1 is 1.28 bits per heavy atom. The molecule has 2 heterocycles. The highest BCUT2D eigenvalue weighted by atomic mass is 19.1. The summed E-state index contributed by atoms with van der Waals surface area (Å²) in [7, 11) is 0. The quantitative estimate of drug-likeness (QED) is 0.889. The molecule has 0 unspecified atom stereocenters. The number of hydrogen-bond acceptors (Lipinski definition) is 4. The fraction of sp³-hybridized carbons (Fsp3) is 0.444. The number of carbonyl (C=O) groups is 1. The minimum Gasteiger partial charge on any atom is -0.376 e. The molecule has 2 N–H and O–H groups in total. The highest BCUT2D eigenvalue weighted by Crippen LogP contribution is 2.38. The van der Waals surface area contributed by atoms with Gasteiger partial charge in [-0.2, -0.15) is 0 Å². The number of carbonyl (C=O) groups excluding carboxylic acids is 1. The van der Waals surface area contributed by atoms with Gasteiger partial charge in [-0.1, -0.05) is 17.3 Å². The van der Waals surface area contributed by atoms with Crippen molar-refractivity contribution in [2.75, 3.05) is 11.9 Å². The van der Waals surface area contributed by atoms with Gasteiger partial charge in [-0.15, -0.1) is 0 Å². The lowest BCUT2D eigenvalue weighted by molar-refractivity contribution is 0.0829. The van der Waals surface area contributed by atoms with Crippen molar-refractivity contribution in [1.82, 2.24) is 10.5 Å². The third-order valence-corrected chi connectivity index (χ3v) is 4.81. The maximum absolute atomic E-state index is 13.9. The molecule has 25 heavy (non-hydrogen) atoms. The zero-order valence-corrected chi connectivity index (χ0v) is 13.9. The molecular formula is C18H20FN3O3. The van der Waals surface area contributed by atoms with E-state index in [4.69, 9.17) is 9.26 Å². The second-order valence-electron chi connectivity index (χ2n) is 6.63. The van der Waals surface area contributed by atoms with Crippen LogP contribution in [-0.2, 0) is 4.74 Å². The fourth-order valence-corrected chi connectivity index (χ4v) is 3.32. The first-order valence-corrected chi connectivity index (χ1v) is 8.54. The number of rotatable bonds is 4. The topological polar surface area (TPSA) is 76.4 Å². The van der Waals surface area contributed by atoms with Crippen LogP contribution in [0.25, 0.3) is 11.3 Å². The normalized spacial score (nSPS) is 22.8. The van der Waals surface area contributed by atoms with Crippen molar-refractivity contribution >= 4 is 11.8 Å². The summed E-state index contributed by atoms with van der Waals surface area (Å²) in [4.78, 5) is 12.3. The van der Waals surface area contributed by atoms with Crippen molar-refractivity contribution in [2.24, 2.45) is 5.92 Å². The van der Waals surface area contributed by atoms with E-state index < -0.39 is 5.82 Å². The number of urea groups is 1. The molecule has 1 saturated carbocycles. The van der Waals surface area contributed by atoms with E-state index in [1.54, 1.807) is 25.1 Å². The van der Waals surface area contributed by atoms with Gasteiger partial charge in [0.15, 0.2) is 11.6 Å². The lowest BCUT2D eigenvalue weighted by Crippen LogP contribution is -2.43. The third-order valence-electron chi connectivity index (χ3n) is 4.81. The van der Waals surface area contributed by atoms with Crippen molar-refractivity contribution in [3.8, 4) is 11.3 Å². The molecule has 4 rings (SSSR count). The van der Waals surface area contributed by atoms with Gasteiger partial charge >= 0.3 is 6.03 Å². The van der Waals surface area contributed by atoms with Crippen molar-refractivity contribution in [1.29, 1.82) is 0 Å². The smallest absolute Gasteiger partial charge is 0.320 e. The van der Waals surface area contributed by atoms with Gasteiger partial charge in [-0.3, -0.25) is 5.32 Å². The molecule has 1 aromatic carbocycles. The number of amides is 2. The van der Waals surface area contributed by atoms with E-state index in [2.05, 4.69) is 15.8 Å². The Morgan fingerprint density at radius 2 is 2.08 bits per heavy atom. The van der Waals surface area contributed by atoms with Gasteiger partial charge in [0.1, 0.15) is 5.82 Å². The molecule has 2 atom stereocenters. The highest BCUT2D eigenvalue weighted by Gasteiger charge is 2.41. The van der Waals surface area contributed by atoms with E-state index in [9.17, 15) is 9.18 Å². The second-order valence-corrected chi connectivity index (χ2v) is 6.63. The number of nitrogens with one attached hydrogen (secondary N) is 2. The van der Waals surface area contributed by atoms with Crippen LogP contribution in [0.5, 0.6) is 0 Å². The second kappa shape index (κ2) is 6.48. The maximum atomic E-state index is 13.9. The Labute approximate surface area is 144 Å². The number of aromatic nitrogens is 1. The van der Waals surface area contributed by atoms with Crippen molar-refractivity contribution < 1.29 is 18.4 Å². The van der Waals surface area contributed by atoms with Gasteiger partial charge in [0.25, 0.3) is 0 Å². The molecule has 2 amide bonds. The minimum atomic E-state index is -0.395. The Bertz CT molecular complexity index is 788. The van der Waals surface area contributed by atoms with E-state index >= 15 is 0 Å². The molecule has 1 saturated heterocycles. The molecule has 0 spiro atoms. The molecule has 0 bridgehead atoms. The molecule has 0 radical (unpaired) electrons. The van der Waals surface area contributed by atoms with Gasteiger partial charge in [0, 0.05) is 12.2 Å². The average Bonchev–Trinajstić information content (AvgIpc) is 3.24. The molecule has 1 aliphatic carbocycles. The molecule has 7 heteroatoms. The van der Waals surface area contributed by atoms with Gasteiger partial charge in [0.2, 0.25) is 0 Å². The molecule has 2 fully saturated rings. The zero-order valence-electron chi connectivity index (χ0n) is 13.9. The summed E-state index contributed by atoms with van der Waals surface area (Å²) in [6.07, 6.45) is 3.25. The first kappa shape index (κ1) is 16.1.